The maximum atomic E-state index is 12.3. The average Bonchev–Trinajstić information content (AvgIpc) is 2.54. The minimum atomic E-state index is -0.768. The summed E-state index contributed by atoms with van der Waals surface area (Å²) in [5.74, 6) is -0.486. The second-order valence-corrected chi connectivity index (χ2v) is 5.79. The van der Waals surface area contributed by atoms with Gasteiger partial charge in [0.25, 0.3) is 5.91 Å². The van der Waals surface area contributed by atoms with Crippen molar-refractivity contribution in [3.8, 4) is 0 Å². The smallest absolute Gasteiger partial charge is 0.251 e. The van der Waals surface area contributed by atoms with E-state index < -0.39 is 6.10 Å². The Bertz CT molecular complexity index is 756. The highest BCUT2D eigenvalue weighted by Gasteiger charge is 2.13. The highest BCUT2D eigenvalue weighted by molar-refractivity contribution is 5.97. The molecule has 3 N–H and O–H groups in total. The van der Waals surface area contributed by atoms with Gasteiger partial charge in [0, 0.05) is 24.7 Å². The van der Waals surface area contributed by atoms with Gasteiger partial charge in [-0.05, 0) is 42.7 Å². The number of benzene rings is 2. The van der Waals surface area contributed by atoms with Gasteiger partial charge in [-0.25, -0.2) is 0 Å². The second-order valence-electron chi connectivity index (χ2n) is 5.79. The summed E-state index contributed by atoms with van der Waals surface area (Å²) in [5.41, 5.74) is 3.68. The number of amides is 2. The number of carbonyl (C=O) groups is 2. The molecular formula is C19H22N2O3. The van der Waals surface area contributed by atoms with Gasteiger partial charge in [0.05, 0.1) is 6.10 Å². The normalized spacial score (nSPS) is 11.7. The number of aliphatic hydroxyl groups is 1. The number of carbonyl (C=O) groups excluding carboxylic acids is 2. The zero-order chi connectivity index (χ0) is 17.7. The lowest BCUT2D eigenvalue weighted by Gasteiger charge is -2.15. The summed E-state index contributed by atoms with van der Waals surface area (Å²) in [4.78, 5) is 23.5. The summed E-state index contributed by atoms with van der Waals surface area (Å²) in [6.45, 7) is 5.31. The number of anilines is 1. The molecule has 0 aliphatic heterocycles. The Labute approximate surface area is 141 Å². The molecule has 0 saturated heterocycles. The quantitative estimate of drug-likeness (QED) is 0.790. The van der Waals surface area contributed by atoms with E-state index in [0.29, 0.717) is 11.3 Å². The minimum Gasteiger partial charge on any atom is -0.387 e. The van der Waals surface area contributed by atoms with Crippen molar-refractivity contribution in [3.05, 3.63) is 64.7 Å². The lowest BCUT2D eigenvalue weighted by Crippen LogP contribution is -2.28. The average molecular weight is 326 g/mol. The number of aliphatic hydroxyl groups excluding tert-OH is 1. The highest BCUT2D eigenvalue weighted by atomic mass is 16.3. The van der Waals surface area contributed by atoms with E-state index in [1.165, 1.54) is 6.92 Å². The molecule has 0 radical (unpaired) electrons. The van der Waals surface area contributed by atoms with Gasteiger partial charge >= 0.3 is 0 Å². The first-order valence-electron chi connectivity index (χ1n) is 7.78. The van der Waals surface area contributed by atoms with Crippen molar-refractivity contribution in [2.24, 2.45) is 0 Å². The fraction of sp³-hybridized carbons (Fsp3) is 0.263. The van der Waals surface area contributed by atoms with Crippen LogP contribution in [-0.4, -0.2) is 23.5 Å². The summed E-state index contributed by atoms with van der Waals surface area (Å²) < 4.78 is 0. The number of hydrogen-bond acceptors (Lipinski definition) is 3. The van der Waals surface area contributed by atoms with Crippen LogP contribution in [0.3, 0.4) is 0 Å². The zero-order valence-corrected chi connectivity index (χ0v) is 14.1. The van der Waals surface area contributed by atoms with E-state index in [1.807, 2.05) is 38.1 Å². The van der Waals surface area contributed by atoms with E-state index >= 15 is 0 Å². The van der Waals surface area contributed by atoms with Crippen LogP contribution in [0.5, 0.6) is 0 Å². The largest absolute Gasteiger partial charge is 0.387 e. The molecule has 0 saturated carbocycles. The molecule has 1 atom stereocenters. The maximum absolute atomic E-state index is 12.3. The Morgan fingerprint density at radius 1 is 1.08 bits per heavy atom. The molecule has 0 fully saturated rings. The van der Waals surface area contributed by atoms with Crippen LogP contribution in [0.4, 0.5) is 5.69 Å². The first kappa shape index (κ1) is 17.7. The van der Waals surface area contributed by atoms with Crippen molar-refractivity contribution < 1.29 is 14.7 Å². The first-order valence-corrected chi connectivity index (χ1v) is 7.78. The Morgan fingerprint density at radius 3 is 2.46 bits per heavy atom. The van der Waals surface area contributed by atoms with E-state index in [4.69, 9.17) is 0 Å². The minimum absolute atomic E-state index is 0.118. The molecule has 2 rings (SSSR count). The molecule has 2 aromatic rings. The molecule has 24 heavy (non-hydrogen) atoms. The summed E-state index contributed by atoms with van der Waals surface area (Å²) in [5, 5.41) is 15.7. The summed E-state index contributed by atoms with van der Waals surface area (Å²) in [6.07, 6.45) is -0.768. The van der Waals surface area contributed by atoms with Gasteiger partial charge in [-0.1, -0.05) is 30.3 Å². The Balaban J connectivity index is 2.05. The molecule has 0 spiro atoms. The lowest BCUT2D eigenvalue weighted by molar-refractivity contribution is -0.114. The van der Waals surface area contributed by atoms with E-state index in [1.54, 1.807) is 18.2 Å². The van der Waals surface area contributed by atoms with Crippen LogP contribution in [0.1, 0.15) is 40.1 Å². The molecule has 0 heterocycles. The fourth-order valence-electron chi connectivity index (χ4n) is 2.45. The van der Waals surface area contributed by atoms with Crippen LogP contribution in [0.15, 0.2) is 42.5 Å². The predicted octanol–water partition coefficient (Wildman–Crippen LogP) is 2.73. The zero-order valence-electron chi connectivity index (χ0n) is 14.1. The molecule has 0 aliphatic rings. The van der Waals surface area contributed by atoms with E-state index in [2.05, 4.69) is 10.6 Å². The molecule has 5 heteroatoms. The number of hydrogen-bond donors (Lipinski definition) is 3. The lowest BCUT2D eigenvalue weighted by atomic mass is 10.0. The molecule has 2 aromatic carbocycles. The number of rotatable bonds is 5. The molecule has 126 valence electrons. The van der Waals surface area contributed by atoms with Crippen molar-refractivity contribution in [2.45, 2.75) is 26.9 Å². The third-order valence-corrected chi connectivity index (χ3v) is 3.81. The first-order chi connectivity index (χ1) is 11.4. The van der Waals surface area contributed by atoms with Crippen molar-refractivity contribution in [3.63, 3.8) is 0 Å². The van der Waals surface area contributed by atoms with Gasteiger partial charge in [-0.3, -0.25) is 9.59 Å². The molecule has 5 nitrogen and oxygen atoms in total. The Hall–Kier alpha value is -2.66. The third-order valence-electron chi connectivity index (χ3n) is 3.81. The van der Waals surface area contributed by atoms with Gasteiger partial charge in [0.2, 0.25) is 5.91 Å². The Morgan fingerprint density at radius 2 is 1.79 bits per heavy atom. The highest BCUT2D eigenvalue weighted by Crippen LogP contribution is 2.18. The second kappa shape index (κ2) is 7.75. The van der Waals surface area contributed by atoms with Crippen LogP contribution >= 0.6 is 0 Å². The van der Waals surface area contributed by atoms with E-state index in [0.717, 1.165) is 16.7 Å². The maximum Gasteiger partial charge on any atom is 0.251 e. The molecule has 0 bridgehead atoms. The summed E-state index contributed by atoms with van der Waals surface area (Å²) in [6, 6.07) is 12.6. The van der Waals surface area contributed by atoms with Gasteiger partial charge in [-0.2, -0.15) is 0 Å². The van der Waals surface area contributed by atoms with Crippen LogP contribution in [0.25, 0.3) is 0 Å². The SMILES string of the molecule is CC(=O)Nc1cc(C(=O)NCC(O)c2ccccc2C)ccc1C. The van der Waals surface area contributed by atoms with Gasteiger partial charge in [0.15, 0.2) is 0 Å². The standard InChI is InChI=1S/C19H22N2O3/c1-12-6-4-5-7-16(12)18(23)11-20-19(24)15-9-8-13(2)17(10-15)21-14(3)22/h4-10,18,23H,11H2,1-3H3,(H,20,24)(H,21,22). The van der Waals surface area contributed by atoms with Crippen molar-refractivity contribution in [1.29, 1.82) is 0 Å². The number of nitrogens with one attached hydrogen (secondary N) is 2. The van der Waals surface area contributed by atoms with Gasteiger partial charge in [-0.15, -0.1) is 0 Å². The topological polar surface area (TPSA) is 78.4 Å². The van der Waals surface area contributed by atoms with E-state index in [9.17, 15) is 14.7 Å². The van der Waals surface area contributed by atoms with Crippen LogP contribution in [-0.2, 0) is 4.79 Å². The van der Waals surface area contributed by atoms with Gasteiger partial charge in [0.1, 0.15) is 0 Å². The van der Waals surface area contributed by atoms with Crippen LogP contribution < -0.4 is 10.6 Å². The van der Waals surface area contributed by atoms with Crippen LogP contribution in [0.2, 0.25) is 0 Å². The molecule has 0 aromatic heterocycles. The van der Waals surface area contributed by atoms with E-state index in [-0.39, 0.29) is 18.4 Å². The van der Waals surface area contributed by atoms with Crippen molar-refractivity contribution >= 4 is 17.5 Å². The summed E-state index contributed by atoms with van der Waals surface area (Å²) >= 11 is 0. The molecular weight excluding hydrogens is 304 g/mol. The molecule has 0 aliphatic carbocycles. The van der Waals surface area contributed by atoms with Crippen LogP contribution in [0, 0.1) is 13.8 Å². The fourth-order valence-corrected chi connectivity index (χ4v) is 2.45. The summed E-state index contributed by atoms with van der Waals surface area (Å²) in [7, 11) is 0. The monoisotopic (exact) mass is 326 g/mol. The van der Waals surface area contributed by atoms with Crippen molar-refractivity contribution in [1.82, 2.24) is 5.32 Å². The Kier molecular flexibility index (Phi) is 5.71. The predicted molar refractivity (Wildman–Crippen MR) is 94.0 cm³/mol. The number of aryl methyl sites for hydroxylation is 2. The van der Waals surface area contributed by atoms with Gasteiger partial charge < -0.3 is 15.7 Å². The molecule has 2 amide bonds. The third kappa shape index (κ3) is 4.43. The van der Waals surface area contributed by atoms with Crippen molar-refractivity contribution in [2.75, 3.05) is 11.9 Å². The molecule has 1 unspecified atom stereocenters.